The second kappa shape index (κ2) is 13.3. The van der Waals surface area contributed by atoms with Gasteiger partial charge in [-0.2, -0.15) is 5.90 Å². The number of aliphatic hydroxyl groups excluding tert-OH is 1. The van der Waals surface area contributed by atoms with Crippen LogP contribution in [-0.4, -0.2) is 59.3 Å². The van der Waals surface area contributed by atoms with E-state index in [0.717, 1.165) is 80.1 Å². The Bertz CT molecular complexity index is 1260. The zero-order valence-electron chi connectivity index (χ0n) is 23.3. The lowest BCUT2D eigenvalue weighted by Gasteiger charge is -2.30. The first-order valence-corrected chi connectivity index (χ1v) is 14.4. The van der Waals surface area contributed by atoms with Crippen LogP contribution in [0.15, 0.2) is 59.5 Å². The van der Waals surface area contributed by atoms with Gasteiger partial charge in [0.15, 0.2) is 0 Å². The number of β-amino-alcohol motifs (C(OH)–C–C–N with tert-alkyl or cyclic N) is 1. The number of carbonyl (C=O) groups excluding carboxylic acids is 1. The van der Waals surface area contributed by atoms with Crippen molar-refractivity contribution in [1.82, 2.24) is 15.2 Å². The Balaban J connectivity index is 1.09. The summed E-state index contributed by atoms with van der Waals surface area (Å²) in [6.45, 7) is 4.77. The summed E-state index contributed by atoms with van der Waals surface area (Å²) in [7, 11) is 0. The second-order valence-electron chi connectivity index (χ2n) is 11.1. The number of aromatic nitrogens is 1. The van der Waals surface area contributed by atoms with Crippen LogP contribution in [-0.2, 0) is 17.8 Å². The molecule has 2 aromatic rings. The first-order chi connectivity index (χ1) is 19.5. The van der Waals surface area contributed by atoms with Crippen molar-refractivity contribution in [3.05, 3.63) is 76.2 Å². The molecular weight excluding hydrogens is 506 g/mol. The lowest BCUT2D eigenvalue weighted by atomic mass is 9.93. The molecule has 1 atom stereocenters. The quantitative estimate of drug-likeness (QED) is 0.313. The monoisotopic (exact) mass is 547 g/mol. The molecule has 9 heteroatoms. The van der Waals surface area contributed by atoms with Gasteiger partial charge in [0.2, 0.25) is 0 Å². The Hall–Kier alpha value is -3.40. The number of allylic oxidation sites excluding steroid dienone is 2. The average molecular weight is 548 g/mol. The van der Waals surface area contributed by atoms with Crippen molar-refractivity contribution in [2.45, 2.75) is 70.6 Å². The summed E-state index contributed by atoms with van der Waals surface area (Å²) in [5, 5.41) is 16.9. The van der Waals surface area contributed by atoms with Gasteiger partial charge in [0, 0.05) is 56.0 Å². The van der Waals surface area contributed by atoms with Gasteiger partial charge in [-0.05, 0) is 86.4 Å². The molecule has 1 fully saturated rings. The molecule has 2 heterocycles. The number of benzene rings is 1. The molecule has 0 unspecified atom stereocenters. The first kappa shape index (κ1) is 28.1. The summed E-state index contributed by atoms with van der Waals surface area (Å²) in [6.07, 6.45) is 10.4. The van der Waals surface area contributed by atoms with E-state index in [9.17, 15) is 9.90 Å². The van der Waals surface area contributed by atoms with Crippen molar-refractivity contribution >= 4 is 11.7 Å². The van der Waals surface area contributed by atoms with Crippen LogP contribution in [0, 0.1) is 0 Å². The SMILES string of the molecule is CC1=CCCCC(ON)=C1COc1ccc2c(c1)CCN(C[C@@H](O)CNC(=O)c1ccnc(NC3CCC3)c1)C2. The van der Waals surface area contributed by atoms with Crippen LogP contribution in [0.2, 0.25) is 0 Å². The molecule has 40 heavy (non-hydrogen) atoms. The summed E-state index contributed by atoms with van der Waals surface area (Å²) in [5.41, 5.74) is 5.22. The van der Waals surface area contributed by atoms with Crippen molar-refractivity contribution in [2.24, 2.45) is 5.90 Å². The highest BCUT2D eigenvalue weighted by molar-refractivity contribution is 5.94. The van der Waals surface area contributed by atoms with Crippen LogP contribution >= 0.6 is 0 Å². The van der Waals surface area contributed by atoms with Crippen molar-refractivity contribution in [3.63, 3.8) is 0 Å². The standard InChI is InChI=1S/C31H41N5O4/c1-21-5-2-3-8-29(40-32)28(21)20-39-27-10-9-24-18-36(14-12-22(24)15-27)19-26(37)17-34-31(38)23-11-13-33-30(16-23)35-25-6-4-7-25/h5,9-11,13,15-16,25-26,37H,2-4,6-8,12,14,17-20,32H2,1H3,(H,33,35)(H,34,38)/t26-/m0/s1. The third-order valence-corrected chi connectivity index (χ3v) is 8.11. The second-order valence-corrected chi connectivity index (χ2v) is 11.1. The van der Waals surface area contributed by atoms with E-state index >= 15 is 0 Å². The Kier molecular flexibility index (Phi) is 9.36. The third kappa shape index (κ3) is 7.21. The summed E-state index contributed by atoms with van der Waals surface area (Å²) in [4.78, 5) is 24.4. The van der Waals surface area contributed by atoms with Crippen molar-refractivity contribution < 1.29 is 19.5 Å². The van der Waals surface area contributed by atoms with Crippen molar-refractivity contribution in [1.29, 1.82) is 0 Å². The Labute approximate surface area is 236 Å². The predicted molar refractivity (Wildman–Crippen MR) is 155 cm³/mol. The fourth-order valence-corrected chi connectivity index (χ4v) is 5.48. The number of carbonyl (C=O) groups is 1. The summed E-state index contributed by atoms with van der Waals surface area (Å²) >= 11 is 0. The highest BCUT2D eigenvalue weighted by Crippen LogP contribution is 2.28. The highest BCUT2D eigenvalue weighted by Gasteiger charge is 2.21. The molecule has 3 aliphatic rings. The topological polar surface area (TPSA) is 122 Å². The van der Waals surface area contributed by atoms with Crippen LogP contribution in [0.1, 0.15) is 66.9 Å². The van der Waals surface area contributed by atoms with E-state index in [1.807, 2.05) is 6.07 Å². The minimum absolute atomic E-state index is 0.195. The Morgan fingerprint density at radius 2 is 2.08 bits per heavy atom. The molecule has 5 rings (SSSR count). The van der Waals surface area contributed by atoms with Crippen LogP contribution in [0.4, 0.5) is 5.82 Å². The van der Waals surface area contributed by atoms with E-state index < -0.39 is 6.10 Å². The summed E-state index contributed by atoms with van der Waals surface area (Å²) in [6, 6.07) is 10.1. The number of anilines is 1. The number of pyridine rings is 1. The van der Waals surface area contributed by atoms with Gasteiger partial charge in [-0.3, -0.25) is 9.69 Å². The van der Waals surface area contributed by atoms with E-state index in [4.69, 9.17) is 15.5 Å². The number of rotatable bonds is 11. The number of nitrogens with two attached hydrogens (primary N) is 1. The predicted octanol–water partition coefficient (Wildman–Crippen LogP) is 3.85. The molecule has 0 bridgehead atoms. The van der Waals surface area contributed by atoms with Crippen molar-refractivity contribution in [3.8, 4) is 5.75 Å². The van der Waals surface area contributed by atoms with E-state index in [1.165, 1.54) is 17.5 Å². The number of hydrogen-bond donors (Lipinski definition) is 4. The Morgan fingerprint density at radius 1 is 1.20 bits per heavy atom. The van der Waals surface area contributed by atoms with E-state index in [-0.39, 0.29) is 12.5 Å². The van der Waals surface area contributed by atoms with Gasteiger partial charge in [-0.25, -0.2) is 4.98 Å². The fourth-order valence-electron chi connectivity index (χ4n) is 5.48. The van der Waals surface area contributed by atoms with E-state index in [1.54, 1.807) is 18.3 Å². The van der Waals surface area contributed by atoms with Crippen LogP contribution in [0.25, 0.3) is 0 Å². The number of aliphatic hydroxyl groups is 1. The molecule has 9 nitrogen and oxygen atoms in total. The third-order valence-electron chi connectivity index (χ3n) is 8.11. The van der Waals surface area contributed by atoms with Crippen molar-refractivity contribution in [2.75, 3.05) is 31.6 Å². The maximum Gasteiger partial charge on any atom is 0.251 e. The number of amides is 1. The largest absolute Gasteiger partial charge is 0.489 e. The molecule has 0 saturated heterocycles. The normalized spacial score (nSPS) is 18.6. The number of ether oxygens (including phenoxy) is 1. The zero-order valence-corrected chi connectivity index (χ0v) is 23.3. The van der Waals surface area contributed by atoms with Crippen LogP contribution in [0.5, 0.6) is 5.75 Å². The zero-order chi connectivity index (χ0) is 27.9. The molecule has 0 spiro atoms. The maximum absolute atomic E-state index is 12.7. The minimum Gasteiger partial charge on any atom is -0.489 e. The molecule has 1 aromatic carbocycles. The summed E-state index contributed by atoms with van der Waals surface area (Å²) in [5.74, 6) is 7.69. The summed E-state index contributed by atoms with van der Waals surface area (Å²) < 4.78 is 6.15. The van der Waals surface area contributed by atoms with Gasteiger partial charge in [0.25, 0.3) is 5.91 Å². The van der Waals surface area contributed by atoms with E-state index in [0.29, 0.717) is 24.8 Å². The molecule has 1 amide bonds. The van der Waals surface area contributed by atoms with Crippen LogP contribution < -0.4 is 21.3 Å². The Morgan fingerprint density at radius 3 is 2.88 bits per heavy atom. The lowest BCUT2D eigenvalue weighted by molar-refractivity contribution is 0.0841. The number of nitrogens with one attached hydrogen (secondary N) is 2. The van der Waals surface area contributed by atoms with Gasteiger partial charge in [-0.1, -0.05) is 12.1 Å². The number of fused-ring (bicyclic) bond motifs is 1. The number of hydrogen-bond acceptors (Lipinski definition) is 8. The molecule has 214 valence electrons. The van der Waals surface area contributed by atoms with Gasteiger partial charge < -0.3 is 25.3 Å². The highest BCUT2D eigenvalue weighted by atomic mass is 16.6. The van der Waals surface area contributed by atoms with Crippen LogP contribution in [0.3, 0.4) is 0 Å². The van der Waals surface area contributed by atoms with Gasteiger partial charge >= 0.3 is 0 Å². The fraction of sp³-hybridized carbons (Fsp3) is 0.484. The van der Waals surface area contributed by atoms with Gasteiger partial charge in [0.1, 0.15) is 23.9 Å². The minimum atomic E-state index is -0.661. The average Bonchev–Trinajstić information content (AvgIpc) is 3.13. The first-order valence-electron chi connectivity index (χ1n) is 14.4. The maximum atomic E-state index is 12.7. The molecule has 5 N–H and O–H groups in total. The number of nitrogens with zero attached hydrogens (tertiary/aromatic N) is 2. The van der Waals surface area contributed by atoms with Gasteiger partial charge in [0.05, 0.1) is 6.10 Å². The van der Waals surface area contributed by atoms with E-state index in [2.05, 4.69) is 45.6 Å². The molecule has 1 saturated carbocycles. The molecule has 2 aliphatic carbocycles. The molecular formula is C31H41N5O4. The molecule has 0 radical (unpaired) electrons. The molecule has 1 aliphatic heterocycles. The smallest absolute Gasteiger partial charge is 0.251 e. The molecule has 1 aromatic heterocycles. The van der Waals surface area contributed by atoms with Gasteiger partial charge in [-0.15, -0.1) is 0 Å². The lowest BCUT2D eigenvalue weighted by Crippen LogP contribution is -2.42.